The Hall–Kier alpha value is -1.66. The van der Waals surface area contributed by atoms with Crippen molar-refractivity contribution in [2.45, 2.75) is 13.0 Å². The summed E-state index contributed by atoms with van der Waals surface area (Å²) < 4.78 is 10.1. The minimum Gasteiger partial charge on any atom is -0.505 e. The van der Waals surface area contributed by atoms with E-state index in [9.17, 15) is 9.90 Å². The molecule has 6 nitrogen and oxygen atoms in total. The molecule has 0 aliphatic carbocycles. The third-order valence-corrected chi connectivity index (χ3v) is 2.73. The molecule has 0 fully saturated rings. The molecule has 1 aromatic rings. The number of aromatic nitrogens is 1. The van der Waals surface area contributed by atoms with Crippen molar-refractivity contribution in [1.82, 2.24) is 9.88 Å². The van der Waals surface area contributed by atoms with Crippen LogP contribution >= 0.6 is 0 Å². The van der Waals surface area contributed by atoms with Gasteiger partial charge in [-0.05, 0) is 19.1 Å². The fraction of sp³-hybridized carbons (Fsp3) is 0.538. The van der Waals surface area contributed by atoms with Crippen LogP contribution in [-0.2, 0) is 9.47 Å². The quantitative estimate of drug-likeness (QED) is 0.796. The summed E-state index contributed by atoms with van der Waals surface area (Å²) in [7, 11) is 3.15. The molecular formula is C13H20N2O4. The van der Waals surface area contributed by atoms with Crippen LogP contribution < -0.4 is 0 Å². The SMILES string of the molecule is COCCN(C(=O)c1ncccc1O)C(C)COC. The first kappa shape index (κ1) is 15.4. The lowest BCUT2D eigenvalue weighted by molar-refractivity contribution is 0.0471. The maximum Gasteiger partial charge on any atom is 0.276 e. The lowest BCUT2D eigenvalue weighted by atomic mass is 10.2. The second-order valence-corrected chi connectivity index (χ2v) is 4.17. The van der Waals surface area contributed by atoms with E-state index >= 15 is 0 Å². The van der Waals surface area contributed by atoms with Gasteiger partial charge in [-0.2, -0.15) is 0 Å². The Morgan fingerprint density at radius 3 is 2.79 bits per heavy atom. The van der Waals surface area contributed by atoms with Gasteiger partial charge in [-0.3, -0.25) is 4.79 Å². The number of ether oxygens (including phenoxy) is 2. The molecule has 0 bridgehead atoms. The first-order valence-electron chi connectivity index (χ1n) is 6.04. The molecule has 1 aromatic heterocycles. The Morgan fingerprint density at radius 2 is 2.21 bits per heavy atom. The summed E-state index contributed by atoms with van der Waals surface area (Å²) in [5, 5.41) is 9.69. The smallest absolute Gasteiger partial charge is 0.276 e. The maximum absolute atomic E-state index is 12.4. The van der Waals surface area contributed by atoms with Gasteiger partial charge in [0.2, 0.25) is 0 Å². The van der Waals surface area contributed by atoms with E-state index in [0.29, 0.717) is 19.8 Å². The van der Waals surface area contributed by atoms with Gasteiger partial charge in [-0.1, -0.05) is 0 Å². The molecule has 0 radical (unpaired) electrons. The first-order chi connectivity index (χ1) is 9.11. The van der Waals surface area contributed by atoms with Crippen LogP contribution in [0.25, 0.3) is 0 Å². The monoisotopic (exact) mass is 268 g/mol. The van der Waals surface area contributed by atoms with E-state index in [2.05, 4.69) is 4.98 Å². The van der Waals surface area contributed by atoms with Crippen LogP contribution in [-0.4, -0.2) is 60.9 Å². The summed E-state index contributed by atoms with van der Waals surface area (Å²) in [5.41, 5.74) is 0.0431. The molecule has 1 heterocycles. The number of nitrogens with zero attached hydrogens (tertiary/aromatic N) is 2. The number of rotatable bonds is 7. The average Bonchev–Trinajstić information content (AvgIpc) is 2.39. The number of hydrogen-bond donors (Lipinski definition) is 1. The zero-order chi connectivity index (χ0) is 14.3. The molecule has 0 saturated carbocycles. The molecule has 6 heteroatoms. The summed E-state index contributed by atoms with van der Waals surface area (Å²) in [6.45, 7) is 3.10. The number of aromatic hydroxyl groups is 1. The number of hydrogen-bond acceptors (Lipinski definition) is 5. The molecule has 1 N–H and O–H groups in total. The van der Waals surface area contributed by atoms with Crippen molar-refractivity contribution in [1.29, 1.82) is 0 Å². The topological polar surface area (TPSA) is 71.9 Å². The first-order valence-corrected chi connectivity index (χ1v) is 6.04. The predicted octanol–water partition coefficient (Wildman–Crippen LogP) is 0.911. The Kier molecular flexibility index (Phi) is 6.24. The van der Waals surface area contributed by atoms with Gasteiger partial charge >= 0.3 is 0 Å². The third-order valence-electron chi connectivity index (χ3n) is 2.73. The van der Waals surface area contributed by atoms with Gasteiger partial charge in [0.1, 0.15) is 5.75 Å². The number of methoxy groups -OCH3 is 2. The van der Waals surface area contributed by atoms with E-state index in [1.54, 1.807) is 25.2 Å². The Bertz CT molecular complexity index is 411. The van der Waals surface area contributed by atoms with Crippen LogP contribution in [0, 0.1) is 0 Å². The van der Waals surface area contributed by atoms with Gasteiger partial charge in [0.15, 0.2) is 5.69 Å². The lowest BCUT2D eigenvalue weighted by Gasteiger charge is -2.28. The molecule has 0 aliphatic heterocycles. The van der Waals surface area contributed by atoms with Gasteiger partial charge in [0.05, 0.1) is 19.3 Å². The minimum atomic E-state index is -0.334. The zero-order valence-electron chi connectivity index (χ0n) is 11.5. The summed E-state index contributed by atoms with van der Waals surface area (Å²) in [6.07, 6.45) is 1.47. The highest BCUT2D eigenvalue weighted by Crippen LogP contribution is 2.16. The van der Waals surface area contributed by atoms with Crippen molar-refractivity contribution < 1.29 is 19.4 Å². The third kappa shape index (κ3) is 4.18. The van der Waals surface area contributed by atoms with Gasteiger partial charge in [-0.15, -0.1) is 0 Å². The molecular weight excluding hydrogens is 248 g/mol. The summed E-state index contributed by atoms with van der Waals surface area (Å²) in [5.74, 6) is -0.459. The molecule has 106 valence electrons. The van der Waals surface area contributed by atoms with E-state index in [-0.39, 0.29) is 23.4 Å². The average molecular weight is 268 g/mol. The zero-order valence-corrected chi connectivity index (χ0v) is 11.5. The summed E-state index contributed by atoms with van der Waals surface area (Å²) >= 11 is 0. The number of carbonyl (C=O) groups is 1. The van der Waals surface area contributed by atoms with Crippen LogP contribution in [0.4, 0.5) is 0 Å². The van der Waals surface area contributed by atoms with Gasteiger partial charge < -0.3 is 19.5 Å². The minimum absolute atomic E-state index is 0.0431. The van der Waals surface area contributed by atoms with E-state index < -0.39 is 0 Å². The van der Waals surface area contributed by atoms with Crippen molar-refractivity contribution in [3.05, 3.63) is 24.0 Å². The Labute approximate surface area is 113 Å². The van der Waals surface area contributed by atoms with Crippen molar-refractivity contribution in [2.24, 2.45) is 0 Å². The predicted molar refractivity (Wildman–Crippen MR) is 70.2 cm³/mol. The van der Waals surface area contributed by atoms with Crippen molar-refractivity contribution in [2.75, 3.05) is 34.0 Å². The van der Waals surface area contributed by atoms with Gasteiger partial charge in [-0.25, -0.2) is 4.98 Å². The highest BCUT2D eigenvalue weighted by Gasteiger charge is 2.24. The van der Waals surface area contributed by atoms with Crippen molar-refractivity contribution in [3.63, 3.8) is 0 Å². The van der Waals surface area contributed by atoms with Crippen LogP contribution in [0.1, 0.15) is 17.4 Å². The second-order valence-electron chi connectivity index (χ2n) is 4.17. The van der Waals surface area contributed by atoms with E-state index in [1.165, 1.54) is 12.3 Å². The maximum atomic E-state index is 12.4. The largest absolute Gasteiger partial charge is 0.505 e. The van der Waals surface area contributed by atoms with E-state index in [4.69, 9.17) is 9.47 Å². The fourth-order valence-corrected chi connectivity index (χ4v) is 1.74. The van der Waals surface area contributed by atoms with Crippen LogP contribution in [0.5, 0.6) is 5.75 Å². The normalized spacial score (nSPS) is 12.2. The van der Waals surface area contributed by atoms with Gasteiger partial charge in [0.25, 0.3) is 5.91 Å². The lowest BCUT2D eigenvalue weighted by Crippen LogP contribution is -2.43. The van der Waals surface area contributed by atoms with Gasteiger partial charge in [0, 0.05) is 27.0 Å². The van der Waals surface area contributed by atoms with Crippen LogP contribution in [0.3, 0.4) is 0 Å². The van der Waals surface area contributed by atoms with Crippen molar-refractivity contribution in [3.8, 4) is 5.75 Å². The Morgan fingerprint density at radius 1 is 1.47 bits per heavy atom. The van der Waals surface area contributed by atoms with E-state index in [1.807, 2.05) is 6.92 Å². The van der Waals surface area contributed by atoms with Crippen LogP contribution in [0.2, 0.25) is 0 Å². The fourth-order valence-electron chi connectivity index (χ4n) is 1.74. The molecule has 1 rings (SSSR count). The summed E-state index contributed by atoms with van der Waals surface area (Å²) in [4.78, 5) is 17.9. The molecule has 0 aromatic carbocycles. The molecule has 1 amide bonds. The Balaban J connectivity index is 2.90. The molecule has 1 atom stereocenters. The molecule has 1 unspecified atom stereocenters. The van der Waals surface area contributed by atoms with E-state index in [0.717, 1.165) is 0 Å². The molecule has 0 spiro atoms. The molecule has 19 heavy (non-hydrogen) atoms. The van der Waals surface area contributed by atoms with Crippen molar-refractivity contribution >= 4 is 5.91 Å². The number of carbonyl (C=O) groups excluding carboxylic acids is 1. The highest BCUT2D eigenvalue weighted by atomic mass is 16.5. The standard InChI is InChI=1S/C13H20N2O4/c1-10(9-19-3)15(7-8-18-2)13(17)12-11(16)5-4-6-14-12/h4-6,10,16H,7-9H2,1-3H3. The number of pyridine rings is 1. The molecule has 0 saturated heterocycles. The van der Waals surface area contributed by atoms with Crippen LogP contribution in [0.15, 0.2) is 18.3 Å². The highest BCUT2D eigenvalue weighted by molar-refractivity contribution is 5.95. The summed E-state index contributed by atoms with van der Waals surface area (Å²) in [6, 6.07) is 2.88. The second kappa shape index (κ2) is 7.70. The molecule has 0 aliphatic rings. The number of amides is 1.